The number of rotatable bonds is 9. The van der Waals surface area contributed by atoms with Crippen LogP contribution in [0, 0.1) is 0 Å². The van der Waals surface area contributed by atoms with Gasteiger partial charge < -0.3 is 15.4 Å². The number of nitrogens with one attached hydrogen (secondary N) is 2. The van der Waals surface area contributed by atoms with Crippen LogP contribution in [0.15, 0.2) is 24.3 Å². The molecule has 0 aliphatic carbocycles. The van der Waals surface area contributed by atoms with Gasteiger partial charge in [-0.2, -0.15) is 0 Å². The molecule has 1 amide bonds. The third-order valence-corrected chi connectivity index (χ3v) is 2.87. The summed E-state index contributed by atoms with van der Waals surface area (Å²) in [5.41, 5.74) is 1.000. The van der Waals surface area contributed by atoms with Crippen molar-refractivity contribution in [2.45, 2.75) is 32.6 Å². The molecule has 1 aromatic carbocycles. The van der Waals surface area contributed by atoms with Gasteiger partial charge in [0.2, 0.25) is 5.91 Å². The minimum Gasteiger partial charge on any atom is -0.497 e. The molecule has 0 fully saturated rings. The Labute approximate surface area is 115 Å². The quantitative estimate of drug-likeness (QED) is 0.674. The van der Waals surface area contributed by atoms with Gasteiger partial charge in [0.25, 0.3) is 0 Å². The van der Waals surface area contributed by atoms with Crippen molar-refractivity contribution in [3.05, 3.63) is 24.3 Å². The summed E-state index contributed by atoms with van der Waals surface area (Å²) in [4.78, 5) is 11.5. The summed E-state index contributed by atoms with van der Waals surface area (Å²) in [6, 6.07) is 7.68. The van der Waals surface area contributed by atoms with Gasteiger partial charge in [-0.1, -0.05) is 19.8 Å². The molecule has 2 N–H and O–H groups in total. The minimum atomic E-state index is 0.108. The Morgan fingerprint density at radius 2 is 1.89 bits per heavy atom. The smallest absolute Gasteiger partial charge is 0.221 e. The van der Waals surface area contributed by atoms with Gasteiger partial charge in [-0.05, 0) is 30.7 Å². The molecular formula is C15H24N2O2. The van der Waals surface area contributed by atoms with Crippen LogP contribution in [0.4, 0.5) is 5.69 Å². The second kappa shape index (κ2) is 9.25. The molecule has 0 saturated heterocycles. The van der Waals surface area contributed by atoms with Crippen LogP contribution in [-0.2, 0) is 4.79 Å². The molecule has 0 heterocycles. The van der Waals surface area contributed by atoms with E-state index in [9.17, 15) is 4.79 Å². The number of hydrogen-bond donors (Lipinski definition) is 2. The van der Waals surface area contributed by atoms with E-state index in [2.05, 4.69) is 17.6 Å². The van der Waals surface area contributed by atoms with E-state index in [0.717, 1.165) is 24.4 Å². The van der Waals surface area contributed by atoms with E-state index < -0.39 is 0 Å². The molecule has 0 aliphatic heterocycles. The van der Waals surface area contributed by atoms with Crippen LogP contribution >= 0.6 is 0 Å². The van der Waals surface area contributed by atoms with E-state index in [1.165, 1.54) is 12.8 Å². The predicted octanol–water partition coefficient (Wildman–Crippen LogP) is 2.80. The maximum atomic E-state index is 11.5. The van der Waals surface area contributed by atoms with Gasteiger partial charge in [0, 0.05) is 25.2 Å². The molecule has 4 heteroatoms. The van der Waals surface area contributed by atoms with Crippen molar-refractivity contribution in [1.29, 1.82) is 0 Å². The first-order valence-corrected chi connectivity index (χ1v) is 6.91. The first kappa shape index (κ1) is 15.3. The molecule has 106 valence electrons. The molecule has 0 bridgehead atoms. The number of amides is 1. The number of benzene rings is 1. The van der Waals surface area contributed by atoms with Crippen LogP contribution < -0.4 is 15.4 Å². The van der Waals surface area contributed by atoms with Crippen LogP contribution in [0.25, 0.3) is 0 Å². The van der Waals surface area contributed by atoms with E-state index in [1.807, 2.05) is 24.3 Å². The standard InChI is InChI=1S/C15H24N2O2/c1-3-4-5-11-17-15(18)10-12-16-13-6-8-14(19-2)9-7-13/h6-9,16H,3-5,10-12H2,1-2H3,(H,17,18). The molecular weight excluding hydrogens is 240 g/mol. The van der Waals surface area contributed by atoms with Crippen molar-refractivity contribution >= 4 is 11.6 Å². The molecule has 1 rings (SSSR count). The zero-order valence-corrected chi connectivity index (χ0v) is 11.9. The maximum absolute atomic E-state index is 11.5. The average Bonchev–Trinajstić information content (AvgIpc) is 2.44. The highest BCUT2D eigenvalue weighted by Gasteiger charge is 2.00. The molecule has 0 saturated carbocycles. The lowest BCUT2D eigenvalue weighted by atomic mass is 10.2. The van der Waals surface area contributed by atoms with E-state index in [-0.39, 0.29) is 5.91 Å². The van der Waals surface area contributed by atoms with E-state index in [1.54, 1.807) is 7.11 Å². The van der Waals surface area contributed by atoms with Crippen LogP contribution in [0.5, 0.6) is 5.75 Å². The maximum Gasteiger partial charge on any atom is 0.221 e. The molecule has 0 aliphatic rings. The van der Waals surface area contributed by atoms with Crippen molar-refractivity contribution in [2.24, 2.45) is 0 Å². The Kier molecular flexibility index (Phi) is 7.47. The molecule has 0 radical (unpaired) electrons. The van der Waals surface area contributed by atoms with Crippen molar-refractivity contribution in [1.82, 2.24) is 5.32 Å². The topological polar surface area (TPSA) is 50.4 Å². The third kappa shape index (κ3) is 6.70. The second-order valence-corrected chi connectivity index (χ2v) is 4.46. The fourth-order valence-corrected chi connectivity index (χ4v) is 1.72. The highest BCUT2D eigenvalue weighted by atomic mass is 16.5. The first-order chi connectivity index (χ1) is 9.26. The zero-order chi connectivity index (χ0) is 13.9. The van der Waals surface area contributed by atoms with Gasteiger partial charge in [-0.25, -0.2) is 0 Å². The lowest BCUT2D eigenvalue weighted by molar-refractivity contribution is -0.120. The molecule has 0 aromatic heterocycles. The monoisotopic (exact) mass is 264 g/mol. The van der Waals surface area contributed by atoms with Gasteiger partial charge in [0.05, 0.1) is 7.11 Å². The number of anilines is 1. The van der Waals surface area contributed by atoms with Gasteiger partial charge >= 0.3 is 0 Å². The molecule has 0 spiro atoms. The summed E-state index contributed by atoms with van der Waals surface area (Å²) in [6.45, 7) is 3.59. The molecule has 0 atom stereocenters. The molecule has 19 heavy (non-hydrogen) atoms. The van der Waals surface area contributed by atoms with Crippen LogP contribution in [-0.4, -0.2) is 26.1 Å². The Bertz CT molecular complexity index is 363. The summed E-state index contributed by atoms with van der Waals surface area (Å²) in [7, 11) is 1.64. The van der Waals surface area contributed by atoms with Crippen molar-refractivity contribution in [2.75, 3.05) is 25.5 Å². The number of hydrogen-bond acceptors (Lipinski definition) is 3. The SMILES string of the molecule is CCCCCNC(=O)CCNc1ccc(OC)cc1. The largest absolute Gasteiger partial charge is 0.497 e. The Balaban J connectivity index is 2.13. The van der Waals surface area contributed by atoms with Crippen molar-refractivity contribution in [3.63, 3.8) is 0 Å². The highest BCUT2D eigenvalue weighted by Crippen LogP contribution is 2.14. The zero-order valence-electron chi connectivity index (χ0n) is 11.9. The number of carbonyl (C=O) groups excluding carboxylic acids is 1. The summed E-state index contributed by atoms with van der Waals surface area (Å²) in [5.74, 6) is 0.941. The Hall–Kier alpha value is -1.71. The lowest BCUT2D eigenvalue weighted by Crippen LogP contribution is -2.26. The lowest BCUT2D eigenvalue weighted by Gasteiger charge is -2.08. The fourth-order valence-electron chi connectivity index (χ4n) is 1.72. The van der Waals surface area contributed by atoms with Crippen molar-refractivity contribution < 1.29 is 9.53 Å². The van der Waals surface area contributed by atoms with Gasteiger partial charge in [0.15, 0.2) is 0 Å². The number of methoxy groups -OCH3 is 1. The Morgan fingerprint density at radius 1 is 1.16 bits per heavy atom. The number of carbonyl (C=O) groups is 1. The minimum absolute atomic E-state index is 0.108. The van der Waals surface area contributed by atoms with Crippen LogP contribution in [0.2, 0.25) is 0 Å². The van der Waals surface area contributed by atoms with E-state index >= 15 is 0 Å². The summed E-state index contributed by atoms with van der Waals surface area (Å²) >= 11 is 0. The third-order valence-electron chi connectivity index (χ3n) is 2.87. The van der Waals surface area contributed by atoms with Gasteiger partial charge in [0.1, 0.15) is 5.75 Å². The van der Waals surface area contributed by atoms with Gasteiger partial charge in [-0.15, -0.1) is 0 Å². The van der Waals surface area contributed by atoms with E-state index in [0.29, 0.717) is 13.0 Å². The number of unbranched alkanes of at least 4 members (excludes halogenated alkanes) is 2. The molecule has 1 aromatic rings. The summed E-state index contributed by atoms with van der Waals surface area (Å²) < 4.78 is 5.08. The number of ether oxygens (including phenoxy) is 1. The second-order valence-electron chi connectivity index (χ2n) is 4.46. The van der Waals surface area contributed by atoms with Gasteiger partial charge in [-0.3, -0.25) is 4.79 Å². The molecule has 4 nitrogen and oxygen atoms in total. The highest BCUT2D eigenvalue weighted by molar-refractivity contribution is 5.76. The van der Waals surface area contributed by atoms with Crippen LogP contribution in [0.1, 0.15) is 32.6 Å². The predicted molar refractivity (Wildman–Crippen MR) is 78.6 cm³/mol. The summed E-state index contributed by atoms with van der Waals surface area (Å²) in [5, 5.41) is 6.14. The fraction of sp³-hybridized carbons (Fsp3) is 0.533. The first-order valence-electron chi connectivity index (χ1n) is 6.91. The van der Waals surface area contributed by atoms with Crippen molar-refractivity contribution in [3.8, 4) is 5.75 Å². The molecule has 0 unspecified atom stereocenters. The van der Waals surface area contributed by atoms with Crippen LogP contribution in [0.3, 0.4) is 0 Å². The normalized spacial score (nSPS) is 10.0. The average molecular weight is 264 g/mol. The van der Waals surface area contributed by atoms with E-state index in [4.69, 9.17) is 4.74 Å². The Morgan fingerprint density at radius 3 is 2.53 bits per heavy atom. The summed E-state index contributed by atoms with van der Waals surface area (Å²) in [6.07, 6.45) is 3.91.